The molecule has 2 rings (SSSR count). The first kappa shape index (κ1) is 15.9. The Morgan fingerprint density at radius 1 is 1.43 bits per heavy atom. The molecule has 21 heavy (non-hydrogen) atoms. The number of hydrogen-bond acceptors (Lipinski definition) is 3. The summed E-state index contributed by atoms with van der Waals surface area (Å²) < 4.78 is 36.5. The Balaban J connectivity index is 2.34. The van der Waals surface area contributed by atoms with Crippen molar-refractivity contribution < 1.29 is 17.6 Å². The molecule has 1 aromatic carbocycles. The molecule has 0 bridgehead atoms. The Labute approximate surface area is 124 Å². The third-order valence-corrected chi connectivity index (χ3v) is 4.90. The standard InChI is InChI=1S/C14H19FN2O3S/c1-9(2)10-5-6-17(8-10)14(18)12-7-11(15)3-4-13(12)21(16,19)20/h3-4,7,9-10H,5-6,8H2,1-2H3,(H2,16,19,20). The molecule has 1 aliphatic heterocycles. The molecule has 1 fully saturated rings. The van der Waals surface area contributed by atoms with E-state index in [2.05, 4.69) is 13.8 Å². The molecule has 1 saturated heterocycles. The second-order valence-electron chi connectivity index (χ2n) is 5.73. The van der Waals surface area contributed by atoms with Crippen molar-refractivity contribution in [2.24, 2.45) is 17.0 Å². The zero-order valence-electron chi connectivity index (χ0n) is 12.0. The van der Waals surface area contributed by atoms with E-state index in [4.69, 9.17) is 5.14 Å². The van der Waals surface area contributed by atoms with Crippen LogP contribution in [0.2, 0.25) is 0 Å². The number of amides is 1. The van der Waals surface area contributed by atoms with E-state index >= 15 is 0 Å². The van der Waals surface area contributed by atoms with Crippen molar-refractivity contribution in [1.82, 2.24) is 4.90 Å². The first-order valence-electron chi connectivity index (χ1n) is 6.81. The molecule has 1 aliphatic rings. The molecule has 0 radical (unpaired) electrons. The Kier molecular flexibility index (Phi) is 4.34. The van der Waals surface area contributed by atoms with Crippen LogP contribution in [-0.4, -0.2) is 32.3 Å². The van der Waals surface area contributed by atoms with Gasteiger partial charge in [0.25, 0.3) is 5.91 Å². The maximum atomic E-state index is 13.4. The molecule has 116 valence electrons. The summed E-state index contributed by atoms with van der Waals surface area (Å²) in [5.74, 6) is -0.333. The van der Waals surface area contributed by atoms with Gasteiger partial charge in [-0.15, -0.1) is 0 Å². The first-order valence-corrected chi connectivity index (χ1v) is 8.36. The molecular weight excluding hydrogens is 295 g/mol. The van der Waals surface area contributed by atoms with E-state index in [9.17, 15) is 17.6 Å². The van der Waals surface area contributed by atoms with E-state index in [0.29, 0.717) is 24.9 Å². The number of rotatable bonds is 3. The molecule has 0 spiro atoms. The van der Waals surface area contributed by atoms with Gasteiger partial charge in [-0.05, 0) is 36.5 Å². The number of primary sulfonamides is 1. The van der Waals surface area contributed by atoms with Crippen LogP contribution in [0, 0.1) is 17.7 Å². The molecule has 1 aromatic rings. The lowest BCUT2D eigenvalue weighted by molar-refractivity contribution is 0.0779. The lowest BCUT2D eigenvalue weighted by Gasteiger charge is -2.19. The Morgan fingerprint density at radius 3 is 2.62 bits per heavy atom. The summed E-state index contributed by atoms with van der Waals surface area (Å²) in [4.78, 5) is 13.7. The van der Waals surface area contributed by atoms with Crippen LogP contribution in [0.4, 0.5) is 4.39 Å². The van der Waals surface area contributed by atoms with Crippen molar-refractivity contribution in [1.29, 1.82) is 0 Å². The summed E-state index contributed by atoms with van der Waals surface area (Å²) in [6.07, 6.45) is 0.865. The van der Waals surface area contributed by atoms with Gasteiger partial charge in [-0.25, -0.2) is 17.9 Å². The molecular formula is C14H19FN2O3S. The summed E-state index contributed by atoms with van der Waals surface area (Å²) >= 11 is 0. The highest BCUT2D eigenvalue weighted by Gasteiger charge is 2.31. The second kappa shape index (κ2) is 5.73. The van der Waals surface area contributed by atoms with Crippen LogP contribution in [0.5, 0.6) is 0 Å². The summed E-state index contributed by atoms with van der Waals surface area (Å²) in [6, 6.07) is 2.95. The molecule has 2 N–H and O–H groups in total. The minimum Gasteiger partial charge on any atom is -0.338 e. The molecule has 0 aromatic heterocycles. The van der Waals surface area contributed by atoms with Gasteiger partial charge in [-0.1, -0.05) is 13.8 Å². The number of halogens is 1. The first-order chi connectivity index (χ1) is 9.70. The maximum Gasteiger partial charge on any atom is 0.255 e. The molecule has 1 heterocycles. The van der Waals surface area contributed by atoms with Crippen molar-refractivity contribution in [3.05, 3.63) is 29.6 Å². The van der Waals surface area contributed by atoms with E-state index < -0.39 is 21.7 Å². The number of hydrogen-bond donors (Lipinski definition) is 1. The van der Waals surface area contributed by atoms with Gasteiger partial charge >= 0.3 is 0 Å². The van der Waals surface area contributed by atoms with Crippen LogP contribution in [0.3, 0.4) is 0 Å². The summed E-state index contributed by atoms with van der Waals surface area (Å²) in [7, 11) is -4.07. The van der Waals surface area contributed by atoms with Gasteiger partial charge in [0, 0.05) is 13.1 Å². The maximum absolute atomic E-state index is 13.4. The van der Waals surface area contributed by atoms with E-state index in [1.165, 1.54) is 0 Å². The Morgan fingerprint density at radius 2 is 2.10 bits per heavy atom. The number of nitrogens with zero attached hydrogens (tertiary/aromatic N) is 1. The zero-order valence-corrected chi connectivity index (χ0v) is 12.9. The minimum absolute atomic E-state index is 0.193. The highest BCUT2D eigenvalue weighted by molar-refractivity contribution is 7.89. The normalized spacial score (nSPS) is 19.3. The van der Waals surface area contributed by atoms with Crippen LogP contribution in [-0.2, 0) is 10.0 Å². The van der Waals surface area contributed by atoms with Gasteiger partial charge in [0.05, 0.1) is 10.5 Å². The van der Waals surface area contributed by atoms with E-state index in [-0.39, 0.29) is 10.5 Å². The topological polar surface area (TPSA) is 80.5 Å². The fourth-order valence-corrected chi connectivity index (χ4v) is 3.31. The van der Waals surface area contributed by atoms with Gasteiger partial charge in [-0.2, -0.15) is 0 Å². The van der Waals surface area contributed by atoms with Gasteiger partial charge in [0.2, 0.25) is 10.0 Å². The lowest BCUT2D eigenvalue weighted by Crippen LogP contribution is -2.31. The van der Waals surface area contributed by atoms with Crippen LogP contribution in [0.1, 0.15) is 30.6 Å². The molecule has 0 saturated carbocycles. The number of carbonyl (C=O) groups excluding carboxylic acids is 1. The third kappa shape index (κ3) is 3.41. The third-order valence-electron chi connectivity index (χ3n) is 3.93. The molecule has 7 heteroatoms. The van der Waals surface area contributed by atoms with Gasteiger partial charge in [0.15, 0.2) is 0 Å². The van der Waals surface area contributed by atoms with E-state index in [1.54, 1.807) is 4.90 Å². The molecule has 1 unspecified atom stereocenters. The molecule has 0 aliphatic carbocycles. The van der Waals surface area contributed by atoms with E-state index in [1.807, 2.05) is 0 Å². The van der Waals surface area contributed by atoms with Crippen molar-refractivity contribution in [2.75, 3.05) is 13.1 Å². The zero-order chi connectivity index (χ0) is 15.8. The van der Waals surface area contributed by atoms with Gasteiger partial charge in [0.1, 0.15) is 5.82 Å². The fraction of sp³-hybridized carbons (Fsp3) is 0.500. The number of sulfonamides is 1. The average molecular weight is 314 g/mol. The molecule has 5 nitrogen and oxygen atoms in total. The Bertz CT molecular complexity index is 658. The fourth-order valence-electron chi connectivity index (χ4n) is 2.60. The van der Waals surface area contributed by atoms with Crippen LogP contribution < -0.4 is 5.14 Å². The quantitative estimate of drug-likeness (QED) is 0.920. The van der Waals surface area contributed by atoms with Crippen LogP contribution in [0.25, 0.3) is 0 Å². The van der Waals surface area contributed by atoms with Gasteiger partial charge < -0.3 is 4.90 Å². The minimum atomic E-state index is -4.07. The average Bonchev–Trinajstić information content (AvgIpc) is 2.86. The lowest BCUT2D eigenvalue weighted by atomic mass is 9.95. The van der Waals surface area contributed by atoms with Crippen molar-refractivity contribution in [2.45, 2.75) is 25.2 Å². The molecule has 1 amide bonds. The second-order valence-corrected chi connectivity index (χ2v) is 7.26. The number of benzene rings is 1. The van der Waals surface area contributed by atoms with Gasteiger partial charge in [-0.3, -0.25) is 4.79 Å². The monoisotopic (exact) mass is 314 g/mol. The SMILES string of the molecule is CC(C)C1CCN(C(=O)c2cc(F)ccc2S(N)(=O)=O)C1. The smallest absolute Gasteiger partial charge is 0.255 e. The largest absolute Gasteiger partial charge is 0.338 e. The van der Waals surface area contributed by atoms with E-state index in [0.717, 1.165) is 24.6 Å². The number of likely N-dealkylation sites (tertiary alicyclic amines) is 1. The number of carbonyl (C=O) groups is 1. The summed E-state index contributed by atoms with van der Waals surface area (Å²) in [6.45, 7) is 5.26. The number of nitrogens with two attached hydrogens (primary N) is 1. The van der Waals surface area contributed by atoms with Crippen molar-refractivity contribution in [3.8, 4) is 0 Å². The Hall–Kier alpha value is -1.47. The highest BCUT2D eigenvalue weighted by atomic mass is 32.2. The predicted octanol–water partition coefficient (Wildman–Crippen LogP) is 1.59. The van der Waals surface area contributed by atoms with Crippen LogP contribution >= 0.6 is 0 Å². The van der Waals surface area contributed by atoms with Crippen molar-refractivity contribution in [3.63, 3.8) is 0 Å². The summed E-state index contributed by atoms with van der Waals surface area (Å²) in [5, 5.41) is 5.10. The highest BCUT2D eigenvalue weighted by Crippen LogP contribution is 2.26. The molecule has 1 atom stereocenters. The van der Waals surface area contributed by atoms with Crippen LogP contribution in [0.15, 0.2) is 23.1 Å². The summed E-state index contributed by atoms with van der Waals surface area (Å²) in [5.41, 5.74) is -0.193. The van der Waals surface area contributed by atoms with Crippen molar-refractivity contribution >= 4 is 15.9 Å². The predicted molar refractivity (Wildman–Crippen MR) is 76.6 cm³/mol.